The van der Waals surface area contributed by atoms with Crippen molar-refractivity contribution in [2.24, 2.45) is 0 Å². The molecule has 0 aliphatic carbocycles. The third-order valence-corrected chi connectivity index (χ3v) is 4.61. The zero-order valence-corrected chi connectivity index (χ0v) is 15.9. The van der Waals surface area contributed by atoms with Crippen molar-refractivity contribution in [2.45, 2.75) is 18.4 Å². The highest BCUT2D eigenvalue weighted by Crippen LogP contribution is 2.31. The van der Waals surface area contributed by atoms with Gasteiger partial charge in [0, 0.05) is 13.7 Å². The predicted molar refractivity (Wildman–Crippen MR) is 99.5 cm³/mol. The van der Waals surface area contributed by atoms with Gasteiger partial charge in [0.05, 0.1) is 18.7 Å². The van der Waals surface area contributed by atoms with Gasteiger partial charge in [-0.15, -0.1) is 0 Å². The lowest BCUT2D eigenvalue weighted by molar-refractivity contribution is -0.151. The van der Waals surface area contributed by atoms with E-state index in [1.54, 1.807) is 4.90 Å². The second-order valence-corrected chi connectivity index (χ2v) is 6.64. The molecular formula is C21H22F3NO4. The van der Waals surface area contributed by atoms with Crippen LogP contribution in [0.25, 0.3) is 0 Å². The summed E-state index contributed by atoms with van der Waals surface area (Å²) >= 11 is 0. The van der Waals surface area contributed by atoms with Crippen LogP contribution < -0.4 is 4.74 Å². The molecule has 2 aromatic rings. The molecule has 1 saturated heterocycles. The highest BCUT2D eigenvalue weighted by molar-refractivity contribution is 5.82. The first-order valence-corrected chi connectivity index (χ1v) is 9.16. The average Bonchev–Trinajstić information content (AvgIpc) is 2.73. The van der Waals surface area contributed by atoms with E-state index < -0.39 is 23.9 Å². The van der Waals surface area contributed by atoms with E-state index >= 15 is 0 Å². The molecule has 0 bridgehead atoms. The Morgan fingerprint density at radius 1 is 1.21 bits per heavy atom. The number of amides is 1. The summed E-state index contributed by atoms with van der Waals surface area (Å²) in [4.78, 5) is 14.5. The van der Waals surface area contributed by atoms with Gasteiger partial charge in [-0.1, -0.05) is 36.4 Å². The number of halogens is 3. The number of carbonyl (C=O) groups excluding carboxylic acids is 1. The molecule has 1 aliphatic rings. The largest absolute Gasteiger partial charge is 0.491 e. The number of rotatable bonds is 6. The first kappa shape index (κ1) is 21.1. The molecule has 0 aromatic heterocycles. The lowest BCUT2D eigenvalue weighted by atomic mass is 10.1. The van der Waals surface area contributed by atoms with E-state index in [9.17, 15) is 18.0 Å². The first-order valence-electron chi connectivity index (χ1n) is 9.16. The first-order chi connectivity index (χ1) is 13.9. The zero-order chi connectivity index (χ0) is 20.9. The molecule has 1 fully saturated rings. The summed E-state index contributed by atoms with van der Waals surface area (Å²) in [7, 11) is 1.48. The van der Waals surface area contributed by atoms with Crippen LogP contribution in [0.1, 0.15) is 17.2 Å². The fraction of sp³-hybridized carbons (Fsp3) is 0.381. The minimum atomic E-state index is -4.43. The normalized spacial score (nSPS) is 18.3. The molecular weight excluding hydrogens is 387 g/mol. The summed E-state index contributed by atoms with van der Waals surface area (Å²) in [6.45, 7) is 1.03. The van der Waals surface area contributed by atoms with Crippen molar-refractivity contribution >= 4 is 5.91 Å². The Hall–Kier alpha value is -2.58. The monoisotopic (exact) mass is 409 g/mol. The van der Waals surface area contributed by atoms with Gasteiger partial charge in [0.1, 0.15) is 18.5 Å². The van der Waals surface area contributed by atoms with Crippen LogP contribution in [0.15, 0.2) is 54.6 Å². The molecule has 5 nitrogen and oxygen atoms in total. The van der Waals surface area contributed by atoms with Crippen LogP contribution in [0.4, 0.5) is 13.2 Å². The van der Waals surface area contributed by atoms with Crippen molar-refractivity contribution in [2.75, 3.05) is 33.4 Å². The van der Waals surface area contributed by atoms with Gasteiger partial charge in [0.15, 0.2) is 6.10 Å². The van der Waals surface area contributed by atoms with Gasteiger partial charge in [-0.2, -0.15) is 13.2 Å². The highest BCUT2D eigenvalue weighted by Gasteiger charge is 2.32. The molecule has 0 N–H and O–H groups in total. The molecule has 1 amide bonds. The van der Waals surface area contributed by atoms with Crippen molar-refractivity contribution in [3.05, 3.63) is 65.7 Å². The lowest BCUT2D eigenvalue weighted by Crippen LogP contribution is -2.49. The van der Waals surface area contributed by atoms with E-state index in [-0.39, 0.29) is 24.8 Å². The Kier molecular flexibility index (Phi) is 6.76. The Bertz CT molecular complexity index is 813. The standard InChI is InChI=1S/C21H22F3NO4/c1-27-19(15-6-3-2-4-7-15)20(26)25-10-11-28-18(13-25)14-29-17-9-5-8-16(12-17)21(22,23)24/h2-9,12,18-19H,10-11,13-14H2,1H3. The van der Waals surface area contributed by atoms with Crippen LogP contribution >= 0.6 is 0 Å². The van der Waals surface area contributed by atoms with E-state index in [0.29, 0.717) is 13.2 Å². The topological polar surface area (TPSA) is 48.0 Å². The minimum Gasteiger partial charge on any atom is -0.491 e. The maximum absolute atomic E-state index is 12.9. The van der Waals surface area contributed by atoms with Crippen LogP contribution in [0, 0.1) is 0 Å². The van der Waals surface area contributed by atoms with Gasteiger partial charge < -0.3 is 19.1 Å². The van der Waals surface area contributed by atoms with Gasteiger partial charge in [-0.25, -0.2) is 0 Å². The van der Waals surface area contributed by atoms with Crippen LogP contribution in [-0.2, 0) is 20.4 Å². The number of ether oxygens (including phenoxy) is 3. The summed E-state index contributed by atoms with van der Waals surface area (Å²) in [6.07, 6.45) is -5.61. The van der Waals surface area contributed by atoms with Crippen LogP contribution in [0.5, 0.6) is 5.75 Å². The lowest BCUT2D eigenvalue weighted by Gasteiger charge is -2.34. The summed E-state index contributed by atoms with van der Waals surface area (Å²) in [5.41, 5.74) is -0.0228. The molecule has 0 saturated carbocycles. The van der Waals surface area contributed by atoms with Crippen LogP contribution in [0.3, 0.4) is 0 Å². The average molecular weight is 409 g/mol. The Labute approximate surface area is 167 Å². The highest BCUT2D eigenvalue weighted by atomic mass is 19.4. The minimum absolute atomic E-state index is 0.0358. The summed E-state index contributed by atoms with van der Waals surface area (Å²) < 4.78 is 54.9. The molecule has 0 spiro atoms. The number of nitrogens with zero attached hydrogens (tertiary/aromatic N) is 1. The molecule has 0 radical (unpaired) electrons. The Morgan fingerprint density at radius 3 is 2.66 bits per heavy atom. The number of morpholine rings is 1. The van der Waals surface area contributed by atoms with E-state index in [1.807, 2.05) is 30.3 Å². The second kappa shape index (κ2) is 9.28. The number of alkyl halides is 3. The molecule has 2 aromatic carbocycles. The predicted octanol–water partition coefficient (Wildman–Crippen LogP) is 3.70. The summed E-state index contributed by atoms with van der Waals surface area (Å²) in [5, 5.41) is 0. The van der Waals surface area contributed by atoms with E-state index in [1.165, 1.54) is 19.2 Å². The molecule has 8 heteroatoms. The van der Waals surface area contributed by atoms with E-state index in [4.69, 9.17) is 14.2 Å². The number of carbonyl (C=O) groups is 1. The van der Waals surface area contributed by atoms with Crippen LogP contribution in [-0.4, -0.2) is 50.3 Å². The summed E-state index contributed by atoms with van der Waals surface area (Å²) in [6, 6.07) is 13.8. The fourth-order valence-electron chi connectivity index (χ4n) is 3.14. The fourth-order valence-corrected chi connectivity index (χ4v) is 3.14. The van der Waals surface area contributed by atoms with Crippen molar-refractivity contribution in [3.8, 4) is 5.75 Å². The van der Waals surface area contributed by atoms with Gasteiger partial charge in [-0.3, -0.25) is 4.79 Å². The van der Waals surface area contributed by atoms with Crippen molar-refractivity contribution in [1.29, 1.82) is 0 Å². The van der Waals surface area contributed by atoms with E-state index in [2.05, 4.69) is 0 Å². The summed E-state index contributed by atoms with van der Waals surface area (Å²) in [5.74, 6) is -0.0861. The van der Waals surface area contributed by atoms with Gasteiger partial charge >= 0.3 is 6.18 Å². The smallest absolute Gasteiger partial charge is 0.416 e. The zero-order valence-electron chi connectivity index (χ0n) is 15.9. The SMILES string of the molecule is COC(C(=O)N1CCOC(COc2cccc(C(F)(F)F)c2)C1)c1ccccc1. The van der Waals surface area contributed by atoms with Gasteiger partial charge in [0.25, 0.3) is 5.91 Å². The Morgan fingerprint density at radius 2 is 1.97 bits per heavy atom. The third kappa shape index (κ3) is 5.48. The van der Waals surface area contributed by atoms with Gasteiger partial charge in [-0.05, 0) is 23.8 Å². The molecule has 1 aliphatic heterocycles. The maximum atomic E-state index is 12.9. The van der Waals surface area contributed by atoms with Crippen molar-refractivity contribution < 1.29 is 32.2 Å². The maximum Gasteiger partial charge on any atom is 0.416 e. The molecule has 2 atom stereocenters. The third-order valence-electron chi connectivity index (χ3n) is 4.61. The van der Waals surface area contributed by atoms with Crippen LogP contribution in [0.2, 0.25) is 0 Å². The van der Waals surface area contributed by atoms with E-state index in [0.717, 1.165) is 17.7 Å². The second-order valence-electron chi connectivity index (χ2n) is 6.64. The number of hydrogen-bond acceptors (Lipinski definition) is 4. The molecule has 156 valence electrons. The Balaban J connectivity index is 1.60. The number of benzene rings is 2. The number of methoxy groups -OCH3 is 1. The molecule has 2 unspecified atom stereocenters. The molecule has 3 rings (SSSR count). The van der Waals surface area contributed by atoms with Crippen molar-refractivity contribution in [3.63, 3.8) is 0 Å². The molecule has 1 heterocycles. The van der Waals surface area contributed by atoms with Gasteiger partial charge in [0.2, 0.25) is 0 Å². The molecule has 29 heavy (non-hydrogen) atoms. The number of hydrogen-bond donors (Lipinski definition) is 0. The van der Waals surface area contributed by atoms with Crippen molar-refractivity contribution in [1.82, 2.24) is 4.90 Å². The quantitative estimate of drug-likeness (QED) is 0.730.